The molecule has 3 rings (SSSR count). The van der Waals surface area contributed by atoms with Gasteiger partial charge in [-0.15, -0.1) is 0 Å². The molecule has 0 heterocycles. The summed E-state index contributed by atoms with van der Waals surface area (Å²) in [6.45, 7) is 0. The number of fused-ring (bicyclic) bond motifs is 1. The number of ketones is 1. The number of nitrogens with two attached hydrogens (primary N) is 1. The van der Waals surface area contributed by atoms with Crippen molar-refractivity contribution in [1.29, 1.82) is 0 Å². The summed E-state index contributed by atoms with van der Waals surface area (Å²) < 4.78 is 0. The summed E-state index contributed by atoms with van der Waals surface area (Å²) in [5, 5.41) is 19.9. The van der Waals surface area contributed by atoms with Crippen LogP contribution in [0.3, 0.4) is 0 Å². The van der Waals surface area contributed by atoms with Gasteiger partial charge in [0.25, 0.3) is 0 Å². The van der Waals surface area contributed by atoms with Crippen LogP contribution in [0, 0.1) is 0 Å². The standard InChI is InChI=1S/C14H13NO3/c15-11-5-9-10(6-12(11)16)14(18)8-4-2-1-3-7(8)13(9)17/h2,4-6,14,16,18H,1,3,15H2/t14-/m1/s1. The van der Waals surface area contributed by atoms with E-state index in [-0.39, 0.29) is 17.2 Å². The molecule has 0 saturated carbocycles. The molecule has 4 N–H and O–H groups in total. The van der Waals surface area contributed by atoms with Gasteiger partial charge in [-0.2, -0.15) is 0 Å². The van der Waals surface area contributed by atoms with Gasteiger partial charge in [0.15, 0.2) is 5.78 Å². The summed E-state index contributed by atoms with van der Waals surface area (Å²) in [6.07, 6.45) is 4.31. The third kappa shape index (κ3) is 1.39. The topological polar surface area (TPSA) is 83.6 Å². The molecule has 0 aromatic heterocycles. The van der Waals surface area contributed by atoms with Crippen molar-refractivity contribution in [2.24, 2.45) is 0 Å². The highest BCUT2D eigenvalue weighted by Gasteiger charge is 2.32. The molecule has 1 aromatic carbocycles. The molecule has 0 bridgehead atoms. The van der Waals surface area contributed by atoms with Crippen LogP contribution in [0.2, 0.25) is 0 Å². The first-order valence-electron chi connectivity index (χ1n) is 5.84. The highest BCUT2D eigenvalue weighted by molar-refractivity contribution is 6.12. The maximum absolute atomic E-state index is 12.3. The van der Waals surface area contributed by atoms with Gasteiger partial charge in [0.2, 0.25) is 0 Å². The Balaban J connectivity index is 2.23. The molecule has 1 atom stereocenters. The number of hydrogen-bond acceptors (Lipinski definition) is 4. The molecule has 0 radical (unpaired) electrons. The lowest BCUT2D eigenvalue weighted by atomic mass is 9.79. The van der Waals surface area contributed by atoms with Crippen molar-refractivity contribution in [3.05, 3.63) is 46.6 Å². The zero-order valence-corrected chi connectivity index (χ0v) is 9.68. The SMILES string of the molecule is Nc1cc2c(cc1O)[C@H](O)C1=C(CCC=C1)C2=O. The number of aliphatic hydroxyl groups is 1. The van der Waals surface area contributed by atoms with Gasteiger partial charge in [-0.3, -0.25) is 4.79 Å². The number of phenols is 1. The molecule has 4 nitrogen and oxygen atoms in total. The number of phenolic OH excluding ortho intramolecular Hbond substituents is 1. The molecule has 2 aliphatic rings. The van der Waals surface area contributed by atoms with E-state index in [0.717, 1.165) is 6.42 Å². The zero-order valence-electron chi connectivity index (χ0n) is 9.68. The Morgan fingerprint density at radius 2 is 2.11 bits per heavy atom. The minimum Gasteiger partial charge on any atom is -0.506 e. The number of aromatic hydroxyl groups is 1. The van der Waals surface area contributed by atoms with E-state index in [4.69, 9.17) is 5.73 Å². The molecule has 18 heavy (non-hydrogen) atoms. The Bertz CT molecular complexity index is 614. The molecule has 0 unspecified atom stereocenters. The number of hydrogen-bond donors (Lipinski definition) is 3. The number of carbonyl (C=O) groups is 1. The summed E-state index contributed by atoms with van der Waals surface area (Å²) in [7, 11) is 0. The Morgan fingerprint density at radius 3 is 2.89 bits per heavy atom. The lowest BCUT2D eigenvalue weighted by molar-refractivity contribution is 0.101. The number of benzene rings is 1. The van der Waals surface area contributed by atoms with Crippen molar-refractivity contribution in [3.63, 3.8) is 0 Å². The first-order chi connectivity index (χ1) is 8.59. The van der Waals surface area contributed by atoms with Gasteiger partial charge in [0.05, 0.1) is 5.69 Å². The highest BCUT2D eigenvalue weighted by Crippen LogP contribution is 2.41. The van der Waals surface area contributed by atoms with Crippen molar-refractivity contribution in [3.8, 4) is 5.75 Å². The van der Waals surface area contributed by atoms with Gasteiger partial charge in [0, 0.05) is 11.1 Å². The Labute approximate surface area is 104 Å². The Kier molecular flexibility index (Phi) is 2.28. The maximum atomic E-state index is 12.3. The van der Waals surface area contributed by atoms with Gasteiger partial charge in [-0.05, 0) is 36.1 Å². The third-order valence-corrected chi connectivity index (χ3v) is 3.51. The second-order valence-electron chi connectivity index (χ2n) is 4.60. The summed E-state index contributed by atoms with van der Waals surface area (Å²) in [5.74, 6) is -0.203. The van der Waals surface area contributed by atoms with Crippen LogP contribution in [0.4, 0.5) is 5.69 Å². The van der Waals surface area contributed by atoms with Crippen molar-refractivity contribution in [2.45, 2.75) is 18.9 Å². The molecule has 1 aromatic rings. The molecule has 0 spiro atoms. The van der Waals surface area contributed by atoms with Gasteiger partial charge in [0.1, 0.15) is 11.9 Å². The van der Waals surface area contributed by atoms with Crippen LogP contribution in [0.15, 0.2) is 35.4 Å². The van der Waals surface area contributed by atoms with E-state index in [9.17, 15) is 15.0 Å². The smallest absolute Gasteiger partial charge is 0.189 e. The quantitative estimate of drug-likeness (QED) is 0.479. The third-order valence-electron chi connectivity index (χ3n) is 3.51. The second-order valence-corrected chi connectivity index (χ2v) is 4.60. The minimum atomic E-state index is -0.865. The van der Waals surface area contributed by atoms with Crippen molar-refractivity contribution in [1.82, 2.24) is 0 Å². The van der Waals surface area contributed by atoms with Crippen molar-refractivity contribution >= 4 is 11.5 Å². The van der Waals surface area contributed by atoms with Crippen molar-refractivity contribution < 1.29 is 15.0 Å². The summed E-state index contributed by atoms with van der Waals surface area (Å²) in [5.41, 5.74) is 7.88. The van der Waals surface area contributed by atoms with Crippen LogP contribution in [0.1, 0.15) is 34.9 Å². The largest absolute Gasteiger partial charge is 0.506 e. The lowest BCUT2D eigenvalue weighted by Crippen LogP contribution is -2.21. The van der Waals surface area contributed by atoms with Crippen LogP contribution in [-0.2, 0) is 0 Å². The summed E-state index contributed by atoms with van der Waals surface area (Å²) >= 11 is 0. The molecule has 0 amide bonds. The molecule has 92 valence electrons. The number of aliphatic hydroxyl groups excluding tert-OH is 1. The average Bonchev–Trinajstić information content (AvgIpc) is 2.38. The van der Waals surface area contributed by atoms with E-state index in [1.165, 1.54) is 12.1 Å². The number of Topliss-reactive ketones (excluding diaryl/α,β-unsaturated/α-hetero) is 1. The zero-order chi connectivity index (χ0) is 12.9. The van der Waals surface area contributed by atoms with Crippen LogP contribution in [0.5, 0.6) is 5.75 Å². The molecule has 0 aliphatic heterocycles. The monoisotopic (exact) mass is 243 g/mol. The predicted octanol–water partition coefficient (Wildman–Crippen LogP) is 1.85. The minimum absolute atomic E-state index is 0.0960. The molecular weight excluding hydrogens is 230 g/mol. The van der Waals surface area contributed by atoms with E-state index in [0.29, 0.717) is 28.7 Å². The Hall–Kier alpha value is -2.07. The fourth-order valence-corrected chi connectivity index (χ4v) is 2.56. The van der Waals surface area contributed by atoms with E-state index < -0.39 is 6.10 Å². The van der Waals surface area contributed by atoms with Crippen LogP contribution in [0.25, 0.3) is 0 Å². The van der Waals surface area contributed by atoms with Crippen LogP contribution in [-0.4, -0.2) is 16.0 Å². The lowest BCUT2D eigenvalue weighted by Gasteiger charge is -2.27. The first kappa shape index (κ1) is 11.0. The van der Waals surface area contributed by atoms with E-state index in [1.54, 1.807) is 6.08 Å². The number of nitrogen functional groups attached to an aromatic ring is 1. The molecule has 0 saturated heterocycles. The molecule has 4 heteroatoms. The van der Waals surface area contributed by atoms with Gasteiger partial charge < -0.3 is 15.9 Å². The number of allylic oxidation sites excluding steroid dienone is 2. The van der Waals surface area contributed by atoms with Crippen LogP contribution >= 0.6 is 0 Å². The number of carbonyl (C=O) groups excluding carboxylic acids is 1. The predicted molar refractivity (Wildman–Crippen MR) is 67.2 cm³/mol. The van der Waals surface area contributed by atoms with Crippen LogP contribution < -0.4 is 5.73 Å². The second kappa shape index (κ2) is 3.71. The van der Waals surface area contributed by atoms with Crippen molar-refractivity contribution in [2.75, 3.05) is 5.73 Å². The Morgan fingerprint density at radius 1 is 1.33 bits per heavy atom. The van der Waals surface area contributed by atoms with E-state index in [1.807, 2.05) is 6.08 Å². The average molecular weight is 243 g/mol. The van der Waals surface area contributed by atoms with E-state index in [2.05, 4.69) is 0 Å². The fourth-order valence-electron chi connectivity index (χ4n) is 2.56. The maximum Gasteiger partial charge on any atom is 0.189 e. The summed E-state index contributed by atoms with van der Waals surface area (Å²) in [6, 6.07) is 2.82. The van der Waals surface area contributed by atoms with Gasteiger partial charge in [-0.1, -0.05) is 12.2 Å². The molecule has 2 aliphatic carbocycles. The normalized spacial score (nSPS) is 21.8. The number of anilines is 1. The molecular formula is C14H13NO3. The summed E-state index contributed by atoms with van der Waals surface area (Å²) in [4.78, 5) is 12.3. The number of rotatable bonds is 0. The van der Waals surface area contributed by atoms with Gasteiger partial charge in [-0.25, -0.2) is 0 Å². The highest BCUT2D eigenvalue weighted by atomic mass is 16.3. The molecule has 0 fully saturated rings. The van der Waals surface area contributed by atoms with Gasteiger partial charge >= 0.3 is 0 Å². The fraction of sp³-hybridized carbons (Fsp3) is 0.214. The first-order valence-corrected chi connectivity index (χ1v) is 5.84. The van der Waals surface area contributed by atoms with E-state index >= 15 is 0 Å².